The number of nitrogens with one attached hydrogen (secondary N) is 2. The molecule has 0 radical (unpaired) electrons. The summed E-state index contributed by atoms with van der Waals surface area (Å²) in [6.07, 6.45) is 3.47. The first-order valence-corrected chi connectivity index (χ1v) is 8.34. The van der Waals surface area contributed by atoms with E-state index in [4.69, 9.17) is 0 Å². The number of rotatable bonds is 5. The van der Waals surface area contributed by atoms with Crippen LogP contribution < -0.4 is 10.9 Å². The largest absolute Gasteiger partial charge is 0.279 e. The number of benzene rings is 1. The van der Waals surface area contributed by atoms with Gasteiger partial charge in [-0.3, -0.25) is 30.6 Å². The first-order chi connectivity index (χ1) is 11.9. The third kappa shape index (κ3) is 4.98. The maximum atomic E-state index is 12.0. The number of non-ortho nitro benzene ring substituents is 1. The van der Waals surface area contributed by atoms with Gasteiger partial charge in [-0.2, -0.15) is 0 Å². The second kappa shape index (κ2) is 8.20. The fourth-order valence-corrected chi connectivity index (χ4v) is 3.13. The molecule has 2 aromatic rings. The summed E-state index contributed by atoms with van der Waals surface area (Å²) in [5.74, 6) is -0.922. The van der Waals surface area contributed by atoms with E-state index in [2.05, 4.69) is 10.9 Å². The summed E-state index contributed by atoms with van der Waals surface area (Å²) in [4.78, 5) is 35.6. The molecule has 1 aromatic carbocycles. The highest BCUT2D eigenvalue weighted by molar-refractivity contribution is 7.14. The van der Waals surface area contributed by atoms with E-state index in [9.17, 15) is 19.7 Å². The van der Waals surface area contributed by atoms with Gasteiger partial charge in [0.05, 0.1) is 9.80 Å². The van der Waals surface area contributed by atoms with Crippen molar-refractivity contribution in [1.29, 1.82) is 0 Å². The molecular weight excluding hydrogens is 342 g/mol. The third-order valence-electron chi connectivity index (χ3n) is 3.37. The van der Waals surface area contributed by atoms with Crippen molar-refractivity contribution in [2.24, 2.45) is 0 Å². The van der Waals surface area contributed by atoms with Gasteiger partial charge in [-0.25, -0.2) is 0 Å². The topological polar surface area (TPSA) is 101 Å². The molecular formula is C17H17N3O4S. The molecule has 0 fully saturated rings. The van der Waals surface area contributed by atoms with Crippen LogP contribution in [-0.2, 0) is 11.2 Å². The molecule has 0 atom stereocenters. The summed E-state index contributed by atoms with van der Waals surface area (Å²) in [5.41, 5.74) is 6.13. The van der Waals surface area contributed by atoms with E-state index in [0.717, 1.165) is 16.9 Å². The molecule has 7 nitrogen and oxygen atoms in total. The normalized spacial score (nSPS) is 10.6. The highest BCUT2D eigenvalue weighted by Gasteiger charge is 2.11. The Morgan fingerprint density at radius 3 is 2.68 bits per heavy atom. The maximum Gasteiger partial charge on any atom is 0.279 e. The van der Waals surface area contributed by atoms with Gasteiger partial charge in [-0.1, -0.05) is 19.1 Å². The molecule has 0 spiro atoms. The van der Waals surface area contributed by atoms with Crippen molar-refractivity contribution in [3.8, 4) is 0 Å². The van der Waals surface area contributed by atoms with Crippen molar-refractivity contribution in [3.63, 3.8) is 0 Å². The molecule has 1 heterocycles. The Morgan fingerprint density at radius 2 is 2.04 bits per heavy atom. The average molecular weight is 359 g/mol. The second-order valence-electron chi connectivity index (χ2n) is 5.20. The van der Waals surface area contributed by atoms with E-state index in [0.29, 0.717) is 10.4 Å². The first-order valence-electron chi connectivity index (χ1n) is 7.53. The molecule has 0 saturated heterocycles. The van der Waals surface area contributed by atoms with Crippen molar-refractivity contribution in [2.75, 3.05) is 0 Å². The van der Waals surface area contributed by atoms with Gasteiger partial charge >= 0.3 is 0 Å². The van der Waals surface area contributed by atoms with Gasteiger partial charge < -0.3 is 0 Å². The van der Waals surface area contributed by atoms with Gasteiger partial charge in [-0.15, -0.1) is 11.3 Å². The van der Waals surface area contributed by atoms with E-state index >= 15 is 0 Å². The van der Waals surface area contributed by atoms with Crippen molar-refractivity contribution >= 4 is 34.9 Å². The van der Waals surface area contributed by atoms with E-state index in [1.54, 1.807) is 12.1 Å². The molecule has 2 rings (SSSR count). The lowest BCUT2D eigenvalue weighted by atomic mass is 10.2. The molecule has 1 aromatic heterocycles. The van der Waals surface area contributed by atoms with E-state index in [1.807, 2.05) is 13.8 Å². The fourth-order valence-electron chi connectivity index (χ4n) is 2.12. The van der Waals surface area contributed by atoms with E-state index < -0.39 is 10.8 Å². The van der Waals surface area contributed by atoms with Crippen LogP contribution in [-0.4, -0.2) is 16.7 Å². The van der Waals surface area contributed by atoms with Crippen LogP contribution >= 0.6 is 11.3 Å². The minimum atomic E-state index is -0.538. The standard InChI is InChI=1S/C17H17N3O4S/c1-3-14-11(2)9-15(25-14)17(22)19-18-16(21)8-7-12-5-4-6-13(10-12)20(23)24/h4-10H,3H2,1-2H3,(H,18,21)(H,19,22)/b8-7+. The SMILES string of the molecule is CCc1sc(C(=O)NNC(=O)/C=C/c2cccc([N+](=O)[O-])c2)cc1C. The molecule has 2 amide bonds. The van der Waals surface area contributed by atoms with Crippen LogP contribution in [0, 0.1) is 17.0 Å². The Labute approximate surface area is 148 Å². The van der Waals surface area contributed by atoms with Gasteiger partial charge in [0.15, 0.2) is 0 Å². The minimum absolute atomic E-state index is 0.0596. The van der Waals surface area contributed by atoms with Crippen LogP contribution in [0.1, 0.15) is 32.6 Å². The monoisotopic (exact) mass is 359 g/mol. The lowest BCUT2D eigenvalue weighted by molar-refractivity contribution is -0.384. The Bertz CT molecular complexity index is 842. The number of hydrazine groups is 1. The molecule has 2 N–H and O–H groups in total. The molecule has 130 valence electrons. The number of nitrogens with zero attached hydrogens (tertiary/aromatic N) is 1. The minimum Gasteiger partial charge on any atom is -0.268 e. The number of hydrogen-bond acceptors (Lipinski definition) is 5. The van der Waals surface area contributed by atoms with Gasteiger partial charge in [0.2, 0.25) is 0 Å². The van der Waals surface area contributed by atoms with Crippen LogP contribution in [0.2, 0.25) is 0 Å². The average Bonchev–Trinajstić information content (AvgIpc) is 2.99. The number of nitro groups is 1. The summed E-state index contributed by atoms with van der Waals surface area (Å²) in [7, 11) is 0. The number of amides is 2. The maximum absolute atomic E-state index is 12.0. The number of carbonyl (C=O) groups is 2. The molecule has 0 saturated carbocycles. The molecule has 0 unspecified atom stereocenters. The quantitative estimate of drug-likeness (QED) is 0.487. The molecule has 0 aliphatic rings. The second-order valence-corrected chi connectivity index (χ2v) is 6.34. The Balaban J connectivity index is 1.92. The van der Waals surface area contributed by atoms with E-state index in [1.165, 1.54) is 41.7 Å². The molecule has 0 aliphatic heterocycles. The van der Waals surface area contributed by atoms with Crippen LogP contribution in [0.25, 0.3) is 6.08 Å². The molecule has 25 heavy (non-hydrogen) atoms. The zero-order valence-electron chi connectivity index (χ0n) is 13.7. The van der Waals surface area contributed by atoms with Crippen molar-refractivity contribution < 1.29 is 14.5 Å². The van der Waals surface area contributed by atoms with Crippen LogP contribution in [0.3, 0.4) is 0 Å². The third-order valence-corrected chi connectivity index (χ3v) is 4.75. The lowest BCUT2D eigenvalue weighted by Crippen LogP contribution is -2.40. The summed E-state index contributed by atoms with van der Waals surface area (Å²) >= 11 is 1.39. The summed E-state index contributed by atoms with van der Waals surface area (Å²) in [6, 6.07) is 7.66. The van der Waals surface area contributed by atoms with Gasteiger partial charge in [0.1, 0.15) is 0 Å². The summed E-state index contributed by atoms with van der Waals surface area (Å²) < 4.78 is 0. The molecule has 8 heteroatoms. The fraction of sp³-hybridized carbons (Fsp3) is 0.176. The molecule has 0 bridgehead atoms. The Hall–Kier alpha value is -3.00. The van der Waals surface area contributed by atoms with E-state index in [-0.39, 0.29) is 11.6 Å². The number of nitro benzene ring substituents is 1. The van der Waals surface area contributed by atoms with Gasteiger partial charge in [0.25, 0.3) is 17.5 Å². The lowest BCUT2D eigenvalue weighted by Gasteiger charge is -2.03. The van der Waals surface area contributed by atoms with Gasteiger partial charge in [0, 0.05) is 23.1 Å². The smallest absolute Gasteiger partial charge is 0.268 e. The predicted octanol–water partition coefficient (Wildman–Crippen LogP) is 3.00. The number of hydrogen-bond donors (Lipinski definition) is 2. The zero-order valence-corrected chi connectivity index (χ0v) is 14.6. The highest BCUT2D eigenvalue weighted by Crippen LogP contribution is 2.22. The number of carbonyl (C=O) groups excluding carboxylic acids is 2. The summed E-state index contributed by atoms with van der Waals surface area (Å²) in [5, 5.41) is 10.7. The van der Waals surface area contributed by atoms with Gasteiger partial charge in [-0.05, 0) is 36.6 Å². The van der Waals surface area contributed by atoms with Crippen LogP contribution in [0.15, 0.2) is 36.4 Å². The first kappa shape index (κ1) is 18.3. The van der Waals surface area contributed by atoms with Crippen molar-refractivity contribution in [3.05, 3.63) is 67.4 Å². The summed E-state index contributed by atoms with van der Waals surface area (Å²) in [6.45, 7) is 3.95. The Kier molecular flexibility index (Phi) is 6.02. The zero-order chi connectivity index (χ0) is 18.4. The Morgan fingerprint density at radius 1 is 1.28 bits per heavy atom. The highest BCUT2D eigenvalue weighted by atomic mass is 32.1. The van der Waals surface area contributed by atoms with Crippen molar-refractivity contribution in [2.45, 2.75) is 20.3 Å². The molecule has 0 aliphatic carbocycles. The van der Waals surface area contributed by atoms with Crippen molar-refractivity contribution in [1.82, 2.24) is 10.9 Å². The van der Waals surface area contributed by atoms with Crippen LogP contribution in [0.4, 0.5) is 5.69 Å². The predicted molar refractivity (Wildman–Crippen MR) is 96.2 cm³/mol. The number of thiophene rings is 1. The number of aryl methyl sites for hydroxylation is 2. The van der Waals surface area contributed by atoms with Crippen LogP contribution in [0.5, 0.6) is 0 Å².